The maximum atomic E-state index is 11.8. The molecule has 1 heterocycles. The standard InChI is InChI=1S/C8H16N2O4S/c1-3-4-9-5-6-10(15(9,13)14)7(2)8(11)12/h7H,3-6H2,1-2H3,(H,11,12)/t7-/m1/s1. The summed E-state index contributed by atoms with van der Waals surface area (Å²) < 4.78 is 26.0. The quantitative estimate of drug-likeness (QED) is 0.729. The zero-order valence-corrected chi connectivity index (χ0v) is 9.70. The maximum Gasteiger partial charge on any atom is 0.321 e. The molecule has 0 aliphatic carbocycles. The lowest BCUT2D eigenvalue weighted by molar-refractivity contribution is -0.140. The van der Waals surface area contributed by atoms with Gasteiger partial charge in [0.15, 0.2) is 0 Å². The molecule has 6 nitrogen and oxygen atoms in total. The number of nitrogens with zero attached hydrogens (tertiary/aromatic N) is 2. The molecule has 1 aliphatic rings. The SMILES string of the molecule is CCCN1CCN([C@H](C)C(=O)O)S1(=O)=O. The Kier molecular flexibility index (Phi) is 3.69. The zero-order valence-electron chi connectivity index (χ0n) is 8.88. The normalized spacial score (nSPS) is 24.1. The maximum absolute atomic E-state index is 11.8. The second-order valence-electron chi connectivity index (χ2n) is 3.53. The van der Waals surface area contributed by atoms with Gasteiger partial charge in [-0.25, -0.2) is 0 Å². The van der Waals surface area contributed by atoms with E-state index in [0.717, 1.165) is 10.7 Å². The number of carboxylic acid groups (broad SMARTS) is 1. The Balaban J connectivity index is 2.84. The van der Waals surface area contributed by atoms with Crippen molar-refractivity contribution in [3.8, 4) is 0 Å². The van der Waals surface area contributed by atoms with Gasteiger partial charge < -0.3 is 5.11 Å². The van der Waals surface area contributed by atoms with Crippen molar-refractivity contribution < 1.29 is 18.3 Å². The topological polar surface area (TPSA) is 77.9 Å². The van der Waals surface area contributed by atoms with Crippen LogP contribution in [0.1, 0.15) is 20.3 Å². The summed E-state index contributed by atoms with van der Waals surface area (Å²) in [6.07, 6.45) is 0.731. The van der Waals surface area contributed by atoms with Crippen LogP contribution in [0, 0.1) is 0 Å². The second kappa shape index (κ2) is 4.46. The first-order valence-electron chi connectivity index (χ1n) is 4.91. The summed E-state index contributed by atoms with van der Waals surface area (Å²) in [6, 6.07) is -0.989. The van der Waals surface area contributed by atoms with E-state index in [-0.39, 0.29) is 6.54 Å². The van der Waals surface area contributed by atoms with Gasteiger partial charge in [-0.2, -0.15) is 17.0 Å². The third-order valence-corrected chi connectivity index (χ3v) is 4.56. The van der Waals surface area contributed by atoms with Crippen LogP contribution in [0.25, 0.3) is 0 Å². The molecule has 0 aromatic carbocycles. The van der Waals surface area contributed by atoms with E-state index in [1.165, 1.54) is 11.2 Å². The molecule has 0 spiro atoms. The van der Waals surface area contributed by atoms with Crippen LogP contribution in [-0.4, -0.2) is 53.8 Å². The van der Waals surface area contributed by atoms with Crippen LogP contribution in [0.4, 0.5) is 0 Å². The molecule has 0 amide bonds. The highest BCUT2D eigenvalue weighted by Gasteiger charge is 2.40. The Labute approximate surface area is 89.7 Å². The summed E-state index contributed by atoms with van der Waals surface area (Å²) in [7, 11) is -3.55. The van der Waals surface area contributed by atoms with E-state index in [2.05, 4.69) is 0 Å². The summed E-state index contributed by atoms with van der Waals surface area (Å²) in [4.78, 5) is 10.7. The molecule has 1 saturated heterocycles. The summed E-state index contributed by atoms with van der Waals surface area (Å²) in [5, 5.41) is 8.77. The highest BCUT2D eigenvalue weighted by molar-refractivity contribution is 7.87. The molecule has 15 heavy (non-hydrogen) atoms. The van der Waals surface area contributed by atoms with Crippen molar-refractivity contribution >= 4 is 16.2 Å². The Morgan fingerprint density at radius 3 is 2.53 bits per heavy atom. The third kappa shape index (κ3) is 2.30. The monoisotopic (exact) mass is 236 g/mol. The molecule has 1 aliphatic heterocycles. The Morgan fingerprint density at radius 1 is 1.47 bits per heavy atom. The van der Waals surface area contributed by atoms with Crippen molar-refractivity contribution in [2.24, 2.45) is 0 Å². The zero-order chi connectivity index (χ0) is 11.6. The van der Waals surface area contributed by atoms with Gasteiger partial charge in [-0.1, -0.05) is 6.92 Å². The van der Waals surface area contributed by atoms with Gasteiger partial charge in [0.1, 0.15) is 6.04 Å². The minimum absolute atomic E-state index is 0.260. The fourth-order valence-electron chi connectivity index (χ4n) is 1.58. The average Bonchev–Trinajstić information content (AvgIpc) is 2.42. The molecule has 0 aromatic heterocycles. The lowest BCUT2D eigenvalue weighted by Crippen LogP contribution is -2.42. The van der Waals surface area contributed by atoms with E-state index < -0.39 is 22.2 Å². The fourth-order valence-corrected chi connectivity index (χ4v) is 3.41. The van der Waals surface area contributed by atoms with E-state index in [4.69, 9.17) is 5.11 Å². The van der Waals surface area contributed by atoms with Crippen LogP contribution in [0.15, 0.2) is 0 Å². The molecule has 1 fully saturated rings. The number of rotatable bonds is 4. The minimum atomic E-state index is -3.55. The van der Waals surface area contributed by atoms with Crippen LogP contribution in [0.3, 0.4) is 0 Å². The first-order valence-corrected chi connectivity index (χ1v) is 6.30. The van der Waals surface area contributed by atoms with E-state index in [0.29, 0.717) is 13.1 Å². The summed E-state index contributed by atoms with van der Waals surface area (Å²) in [5.74, 6) is -1.11. The Hall–Kier alpha value is -0.660. The van der Waals surface area contributed by atoms with Gasteiger partial charge in [-0.15, -0.1) is 0 Å². The predicted molar refractivity (Wildman–Crippen MR) is 54.6 cm³/mol. The van der Waals surface area contributed by atoms with Crippen molar-refractivity contribution in [3.63, 3.8) is 0 Å². The van der Waals surface area contributed by atoms with Gasteiger partial charge in [-0.3, -0.25) is 4.79 Å². The van der Waals surface area contributed by atoms with Crippen LogP contribution in [0.2, 0.25) is 0 Å². The first kappa shape index (κ1) is 12.4. The Bertz CT molecular complexity index is 341. The van der Waals surface area contributed by atoms with Crippen LogP contribution in [0.5, 0.6) is 0 Å². The number of carboxylic acids is 1. The number of hydrogen-bond acceptors (Lipinski definition) is 3. The molecule has 1 N–H and O–H groups in total. The van der Waals surface area contributed by atoms with Crippen molar-refractivity contribution in [1.82, 2.24) is 8.61 Å². The molecule has 1 rings (SSSR count). The van der Waals surface area contributed by atoms with Gasteiger partial charge in [0.25, 0.3) is 10.2 Å². The largest absolute Gasteiger partial charge is 0.480 e. The van der Waals surface area contributed by atoms with Crippen molar-refractivity contribution in [2.75, 3.05) is 19.6 Å². The third-order valence-electron chi connectivity index (χ3n) is 2.45. The van der Waals surface area contributed by atoms with Crippen LogP contribution < -0.4 is 0 Å². The second-order valence-corrected chi connectivity index (χ2v) is 5.41. The van der Waals surface area contributed by atoms with Gasteiger partial charge in [0.05, 0.1) is 0 Å². The highest BCUT2D eigenvalue weighted by atomic mass is 32.2. The van der Waals surface area contributed by atoms with Crippen molar-refractivity contribution in [3.05, 3.63) is 0 Å². The van der Waals surface area contributed by atoms with E-state index >= 15 is 0 Å². The molecule has 0 saturated carbocycles. The summed E-state index contributed by atoms with van der Waals surface area (Å²) >= 11 is 0. The van der Waals surface area contributed by atoms with Crippen molar-refractivity contribution in [1.29, 1.82) is 0 Å². The highest BCUT2D eigenvalue weighted by Crippen LogP contribution is 2.19. The summed E-state index contributed by atoms with van der Waals surface area (Å²) in [5.41, 5.74) is 0. The number of carbonyl (C=O) groups is 1. The minimum Gasteiger partial charge on any atom is -0.480 e. The molecule has 0 bridgehead atoms. The summed E-state index contributed by atoms with van der Waals surface area (Å²) in [6.45, 7) is 4.36. The van der Waals surface area contributed by atoms with Crippen LogP contribution >= 0.6 is 0 Å². The smallest absolute Gasteiger partial charge is 0.321 e. The molecular weight excluding hydrogens is 220 g/mol. The molecule has 0 unspecified atom stereocenters. The van der Waals surface area contributed by atoms with E-state index in [1.807, 2.05) is 6.92 Å². The Morgan fingerprint density at radius 2 is 2.07 bits per heavy atom. The fraction of sp³-hybridized carbons (Fsp3) is 0.875. The molecule has 0 aromatic rings. The van der Waals surface area contributed by atoms with Gasteiger partial charge in [0.2, 0.25) is 0 Å². The van der Waals surface area contributed by atoms with E-state index in [1.54, 1.807) is 0 Å². The number of aliphatic carboxylic acids is 1. The average molecular weight is 236 g/mol. The lowest BCUT2D eigenvalue weighted by atomic mass is 10.3. The van der Waals surface area contributed by atoms with Crippen LogP contribution in [-0.2, 0) is 15.0 Å². The first-order chi connectivity index (χ1) is 6.91. The lowest BCUT2D eigenvalue weighted by Gasteiger charge is -2.20. The molecule has 0 radical (unpaired) electrons. The molecule has 1 atom stereocenters. The molecular formula is C8H16N2O4S. The van der Waals surface area contributed by atoms with Gasteiger partial charge >= 0.3 is 5.97 Å². The van der Waals surface area contributed by atoms with Gasteiger partial charge in [-0.05, 0) is 13.3 Å². The predicted octanol–water partition coefficient (Wildman–Crippen LogP) is -0.268. The van der Waals surface area contributed by atoms with Crippen molar-refractivity contribution in [2.45, 2.75) is 26.3 Å². The van der Waals surface area contributed by atoms with Gasteiger partial charge in [0, 0.05) is 19.6 Å². The van der Waals surface area contributed by atoms with E-state index in [9.17, 15) is 13.2 Å². The molecule has 88 valence electrons. The number of hydrogen-bond donors (Lipinski definition) is 1. The molecule has 7 heteroatoms.